The second-order valence-corrected chi connectivity index (χ2v) is 6.91. The highest BCUT2D eigenvalue weighted by Crippen LogP contribution is 2.23. The average molecular weight is 372 g/mol. The Hall–Kier alpha value is -2.38. The Bertz CT molecular complexity index is 847. The number of rotatable bonds is 9. The van der Waals surface area contributed by atoms with Crippen molar-refractivity contribution in [3.63, 3.8) is 0 Å². The summed E-state index contributed by atoms with van der Waals surface area (Å²) < 4.78 is 20.8. The second kappa shape index (κ2) is 8.82. The maximum absolute atomic E-state index is 13.3. The predicted octanol–water partition coefficient (Wildman–Crippen LogP) is 4.12. The van der Waals surface area contributed by atoms with Crippen molar-refractivity contribution in [2.45, 2.75) is 30.5 Å². The van der Waals surface area contributed by atoms with Crippen LogP contribution in [0.25, 0.3) is 0 Å². The molecule has 3 rings (SSSR count). The van der Waals surface area contributed by atoms with Crippen molar-refractivity contribution >= 4 is 11.8 Å². The summed E-state index contributed by atoms with van der Waals surface area (Å²) in [4.78, 5) is 2.11. The Morgan fingerprint density at radius 2 is 2.15 bits per heavy atom. The van der Waals surface area contributed by atoms with Gasteiger partial charge in [0.25, 0.3) is 0 Å². The van der Waals surface area contributed by atoms with E-state index in [0.29, 0.717) is 25.4 Å². The lowest BCUT2D eigenvalue weighted by atomic mass is 10.2. The standard InChI is InChI=1S/C19H21FN4OS/c1-3-9-24-18(13-23(2)12-17-8-5-10-25-17)21-22-19(24)26-14-15-6-4-7-16(20)11-15/h3-8,10-11H,1,9,12-14H2,2H3. The van der Waals surface area contributed by atoms with E-state index in [1.54, 1.807) is 18.4 Å². The van der Waals surface area contributed by atoms with Gasteiger partial charge in [0.05, 0.1) is 19.4 Å². The second-order valence-electron chi connectivity index (χ2n) is 5.97. The van der Waals surface area contributed by atoms with Gasteiger partial charge in [-0.2, -0.15) is 0 Å². The molecule has 2 aromatic heterocycles. The number of benzene rings is 1. The Labute approximate surface area is 156 Å². The molecular weight excluding hydrogens is 351 g/mol. The van der Waals surface area contributed by atoms with Crippen LogP contribution in [0.4, 0.5) is 4.39 Å². The average Bonchev–Trinajstić information content (AvgIpc) is 3.24. The van der Waals surface area contributed by atoms with Gasteiger partial charge < -0.3 is 8.98 Å². The fourth-order valence-corrected chi connectivity index (χ4v) is 3.51. The molecule has 2 heterocycles. The van der Waals surface area contributed by atoms with Crippen LogP contribution in [0.2, 0.25) is 0 Å². The van der Waals surface area contributed by atoms with Crippen LogP contribution in [0, 0.1) is 5.82 Å². The monoisotopic (exact) mass is 372 g/mol. The third kappa shape index (κ3) is 4.83. The van der Waals surface area contributed by atoms with Gasteiger partial charge in [0.2, 0.25) is 0 Å². The van der Waals surface area contributed by atoms with E-state index in [1.165, 1.54) is 17.8 Å². The summed E-state index contributed by atoms with van der Waals surface area (Å²) >= 11 is 1.54. The number of thioether (sulfide) groups is 1. The summed E-state index contributed by atoms with van der Waals surface area (Å²) in [5, 5.41) is 9.44. The van der Waals surface area contributed by atoms with E-state index in [1.807, 2.05) is 35.9 Å². The maximum atomic E-state index is 13.3. The van der Waals surface area contributed by atoms with Gasteiger partial charge in [-0.15, -0.1) is 16.8 Å². The summed E-state index contributed by atoms with van der Waals surface area (Å²) in [6.07, 6.45) is 3.50. The molecule has 26 heavy (non-hydrogen) atoms. The molecule has 0 aliphatic carbocycles. The zero-order valence-electron chi connectivity index (χ0n) is 14.6. The van der Waals surface area contributed by atoms with E-state index < -0.39 is 0 Å². The molecule has 0 saturated heterocycles. The molecule has 0 atom stereocenters. The van der Waals surface area contributed by atoms with Gasteiger partial charge in [0.1, 0.15) is 17.4 Å². The molecule has 136 valence electrons. The molecule has 1 aromatic carbocycles. The first-order valence-corrected chi connectivity index (χ1v) is 9.25. The molecule has 0 spiro atoms. The zero-order valence-corrected chi connectivity index (χ0v) is 15.5. The van der Waals surface area contributed by atoms with Gasteiger partial charge in [-0.3, -0.25) is 4.90 Å². The van der Waals surface area contributed by atoms with Crippen molar-refractivity contribution in [1.29, 1.82) is 0 Å². The molecule has 0 radical (unpaired) electrons. The molecule has 0 aliphatic heterocycles. The third-order valence-corrected chi connectivity index (χ3v) is 4.82. The first kappa shape index (κ1) is 18.4. The number of hydrogen-bond acceptors (Lipinski definition) is 5. The van der Waals surface area contributed by atoms with Gasteiger partial charge in [0.15, 0.2) is 5.16 Å². The summed E-state index contributed by atoms with van der Waals surface area (Å²) in [7, 11) is 2.01. The molecule has 0 N–H and O–H groups in total. The minimum atomic E-state index is -0.226. The lowest BCUT2D eigenvalue weighted by molar-refractivity contribution is 0.277. The van der Waals surface area contributed by atoms with Crippen molar-refractivity contribution in [3.8, 4) is 0 Å². The van der Waals surface area contributed by atoms with Crippen LogP contribution in [0.5, 0.6) is 0 Å². The van der Waals surface area contributed by atoms with Gasteiger partial charge >= 0.3 is 0 Å². The minimum absolute atomic E-state index is 0.226. The van der Waals surface area contributed by atoms with Crippen molar-refractivity contribution in [2.24, 2.45) is 0 Å². The SMILES string of the molecule is C=CCn1c(CN(C)Cc2ccco2)nnc1SCc1cccc(F)c1. The van der Waals surface area contributed by atoms with Gasteiger partial charge in [-0.1, -0.05) is 30.0 Å². The van der Waals surface area contributed by atoms with Crippen LogP contribution in [0.3, 0.4) is 0 Å². The van der Waals surface area contributed by atoms with Crippen LogP contribution in [-0.4, -0.2) is 26.7 Å². The topological polar surface area (TPSA) is 47.1 Å². The smallest absolute Gasteiger partial charge is 0.191 e. The first-order valence-electron chi connectivity index (χ1n) is 8.27. The van der Waals surface area contributed by atoms with E-state index in [4.69, 9.17) is 4.42 Å². The predicted molar refractivity (Wildman–Crippen MR) is 100 cm³/mol. The number of halogens is 1. The highest BCUT2D eigenvalue weighted by atomic mass is 32.2. The summed E-state index contributed by atoms with van der Waals surface area (Å²) in [5.74, 6) is 2.18. The van der Waals surface area contributed by atoms with Crippen molar-refractivity contribution in [2.75, 3.05) is 7.05 Å². The Morgan fingerprint density at radius 3 is 2.88 bits per heavy atom. The Balaban J connectivity index is 1.67. The lowest BCUT2D eigenvalue weighted by Crippen LogP contribution is -2.20. The number of aromatic nitrogens is 3. The fourth-order valence-electron chi connectivity index (χ4n) is 2.60. The maximum Gasteiger partial charge on any atom is 0.191 e. The largest absolute Gasteiger partial charge is 0.468 e. The summed E-state index contributed by atoms with van der Waals surface area (Å²) in [5.41, 5.74) is 0.916. The minimum Gasteiger partial charge on any atom is -0.468 e. The van der Waals surface area contributed by atoms with Gasteiger partial charge in [-0.05, 0) is 36.9 Å². The first-order chi connectivity index (χ1) is 12.7. The van der Waals surface area contributed by atoms with Crippen LogP contribution in [-0.2, 0) is 25.4 Å². The summed E-state index contributed by atoms with van der Waals surface area (Å²) in [6, 6.07) is 10.4. The van der Waals surface area contributed by atoms with Crippen molar-refractivity contribution in [3.05, 3.63) is 78.3 Å². The van der Waals surface area contributed by atoms with E-state index in [2.05, 4.69) is 21.7 Å². The van der Waals surface area contributed by atoms with Gasteiger partial charge in [0, 0.05) is 12.3 Å². The van der Waals surface area contributed by atoms with Crippen LogP contribution in [0.15, 0.2) is 64.9 Å². The van der Waals surface area contributed by atoms with E-state index in [-0.39, 0.29) is 5.82 Å². The van der Waals surface area contributed by atoms with Crippen LogP contribution < -0.4 is 0 Å². The zero-order chi connectivity index (χ0) is 18.4. The number of hydrogen-bond donors (Lipinski definition) is 0. The highest BCUT2D eigenvalue weighted by Gasteiger charge is 2.14. The number of allylic oxidation sites excluding steroid dienone is 1. The molecule has 0 unspecified atom stereocenters. The van der Waals surface area contributed by atoms with Crippen molar-refractivity contribution in [1.82, 2.24) is 19.7 Å². The summed E-state index contributed by atoms with van der Waals surface area (Å²) in [6.45, 7) is 5.79. The van der Waals surface area contributed by atoms with Crippen molar-refractivity contribution < 1.29 is 8.81 Å². The van der Waals surface area contributed by atoms with E-state index in [9.17, 15) is 4.39 Å². The van der Waals surface area contributed by atoms with Crippen LogP contribution >= 0.6 is 11.8 Å². The number of furan rings is 1. The lowest BCUT2D eigenvalue weighted by Gasteiger charge is -2.15. The van der Waals surface area contributed by atoms with Gasteiger partial charge in [-0.25, -0.2) is 4.39 Å². The fraction of sp³-hybridized carbons (Fsp3) is 0.263. The molecule has 0 aliphatic rings. The molecule has 0 fully saturated rings. The number of nitrogens with zero attached hydrogens (tertiary/aromatic N) is 4. The molecule has 0 saturated carbocycles. The molecule has 5 nitrogen and oxygen atoms in total. The highest BCUT2D eigenvalue weighted by molar-refractivity contribution is 7.98. The normalized spacial score (nSPS) is 11.2. The third-order valence-electron chi connectivity index (χ3n) is 3.78. The molecule has 0 bridgehead atoms. The van der Waals surface area contributed by atoms with E-state index in [0.717, 1.165) is 22.3 Å². The molecule has 0 amide bonds. The van der Waals surface area contributed by atoms with E-state index >= 15 is 0 Å². The quantitative estimate of drug-likeness (QED) is 0.418. The Morgan fingerprint density at radius 1 is 1.27 bits per heavy atom. The Kier molecular flexibility index (Phi) is 6.25. The molecule has 3 aromatic rings. The molecular formula is C19H21FN4OS. The van der Waals surface area contributed by atoms with Crippen LogP contribution in [0.1, 0.15) is 17.1 Å². The molecule has 7 heteroatoms.